The van der Waals surface area contributed by atoms with Crippen molar-refractivity contribution in [2.45, 2.75) is 25.7 Å². The predicted octanol–water partition coefficient (Wildman–Crippen LogP) is 2.38. The van der Waals surface area contributed by atoms with Gasteiger partial charge >= 0.3 is 0 Å². The number of aryl methyl sites for hydroxylation is 1. The van der Waals surface area contributed by atoms with Crippen LogP contribution in [0.5, 0.6) is 0 Å². The zero-order valence-corrected chi connectivity index (χ0v) is 13.2. The van der Waals surface area contributed by atoms with Gasteiger partial charge in [0.2, 0.25) is 5.89 Å². The van der Waals surface area contributed by atoms with Crippen LogP contribution in [0.15, 0.2) is 33.4 Å². The average Bonchev–Trinajstić information content (AvgIpc) is 3.34. The summed E-state index contributed by atoms with van der Waals surface area (Å²) in [5.41, 5.74) is 1.06. The monoisotopic (exact) mass is 327 g/mol. The molecule has 0 aromatic carbocycles. The first-order chi connectivity index (χ1) is 11.7. The maximum atomic E-state index is 12.7. The van der Waals surface area contributed by atoms with E-state index in [4.69, 9.17) is 8.94 Å². The number of aromatic nitrogens is 4. The van der Waals surface area contributed by atoms with Crippen LogP contribution in [0.4, 0.5) is 0 Å². The Morgan fingerprint density at radius 2 is 2.38 bits per heavy atom. The largest absolute Gasteiger partial charge is 0.463 e. The van der Waals surface area contributed by atoms with E-state index < -0.39 is 0 Å². The summed E-state index contributed by atoms with van der Waals surface area (Å²) in [6.07, 6.45) is 3.41. The molecule has 1 amide bonds. The summed E-state index contributed by atoms with van der Waals surface area (Å²) in [5, 5.41) is 10.8. The molecule has 1 aliphatic heterocycles. The number of nitrogens with one attached hydrogen (secondary N) is 1. The summed E-state index contributed by atoms with van der Waals surface area (Å²) in [5.74, 6) is 1.84. The van der Waals surface area contributed by atoms with Crippen molar-refractivity contribution >= 4 is 5.91 Å². The number of nitrogens with zero attached hydrogens (tertiary/aromatic N) is 4. The molecule has 0 saturated carbocycles. The van der Waals surface area contributed by atoms with Crippen LogP contribution in [0.25, 0.3) is 11.5 Å². The maximum Gasteiger partial charge on any atom is 0.274 e. The highest BCUT2D eigenvalue weighted by atomic mass is 16.5. The van der Waals surface area contributed by atoms with Gasteiger partial charge in [0.05, 0.1) is 12.2 Å². The number of hydrogen-bond acceptors (Lipinski definition) is 6. The molecule has 0 spiro atoms. The second-order valence-corrected chi connectivity index (χ2v) is 5.91. The minimum absolute atomic E-state index is 0.0763. The van der Waals surface area contributed by atoms with Crippen molar-refractivity contribution in [1.29, 1.82) is 0 Å². The lowest BCUT2D eigenvalue weighted by molar-refractivity contribution is 0.0689. The van der Waals surface area contributed by atoms with E-state index in [0.717, 1.165) is 12.8 Å². The van der Waals surface area contributed by atoms with Crippen molar-refractivity contribution in [3.05, 3.63) is 41.9 Å². The molecular weight excluding hydrogens is 310 g/mol. The molecule has 24 heavy (non-hydrogen) atoms. The number of likely N-dealkylation sites (tertiary alicyclic amines) is 1. The molecule has 8 heteroatoms. The summed E-state index contributed by atoms with van der Waals surface area (Å²) in [4.78, 5) is 18.8. The molecule has 1 saturated heterocycles. The topological polar surface area (TPSA) is 101 Å². The molecule has 3 aromatic rings. The fraction of sp³-hybridized carbons (Fsp3) is 0.375. The predicted molar refractivity (Wildman–Crippen MR) is 83.2 cm³/mol. The molecule has 1 aliphatic rings. The van der Waals surface area contributed by atoms with Crippen LogP contribution in [0.2, 0.25) is 0 Å². The Hall–Kier alpha value is -2.90. The lowest BCUT2D eigenvalue weighted by Crippen LogP contribution is -2.39. The summed E-state index contributed by atoms with van der Waals surface area (Å²) >= 11 is 0. The lowest BCUT2D eigenvalue weighted by Gasteiger charge is -2.30. The summed E-state index contributed by atoms with van der Waals surface area (Å²) in [6.45, 7) is 3.05. The second kappa shape index (κ2) is 5.95. The molecule has 3 aromatic heterocycles. The van der Waals surface area contributed by atoms with Crippen molar-refractivity contribution in [3.63, 3.8) is 0 Å². The Bertz CT molecular complexity index is 836. The summed E-state index contributed by atoms with van der Waals surface area (Å²) in [6, 6.07) is 5.32. The first-order valence-electron chi connectivity index (χ1n) is 7.89. The van der Waals surface area contributed by atoms with Crippen LogP contribution in [-0.2, 0) is 0 Å². The Labute approximate surface area is 137 Å². The third-order valence-electron chi connectivity index (χ3n) is 4.18. The lowest BCUT2D eigenvalue weighted by atomic mass is 9.97. The smallest absolute Gasteiger partial charge is 0.274 e. The van der Waals surface area contributed by atoms with Crippen LogP contribution >= 0.6 is 0 Å². The van der Waals surface area contributed by atoms with Gasteiger partial charge in [0.25, 0.3) is 5.91 Å². The average molecular weight is 327 g/mol. The molecule has 124 valence electrons. The van der Waals surface area contributed by atoms with Crippen molar-refractivity contribution < 1.29 is 13.7 Å². The van der Waals surface area contributed by atoms with Gasteiger partial charge in [-0.2, -0.15) is 10.1 Å². The molecule has 0 aliphatic carbocycles. The Morgan fingerprint density at radius 3 is 3.12 bits per heavy atom. The van der Waals surface area contributed by atoms with E-state index in [1.165, 1.54) is 0 Å². The van der Waals surface area contributed by atoms with Crippen LogP contribution in [0, 0.1) is 6.92 Å². The number of rotatable bonds is 3. The van der Waals surface area contributed by atoms with E-state index in [0.29, 0.717) is 42.0 Å². The molecule has 8 nitrogen and oxygen atoms in total. The SMILES string of the molecule is Cc1noc(C2CCCN(C(=O)c3cc(-c4ccco4)[nH]n3)C2)n1. The number of H-pyrrole nitrogens is 1. The fourth-order valence-electron chi connectivity index (χ4n) is 2.99. The van der Waals surface area contributed by atoms with Crippen molar-refractivity contribution in [2.24, 2.45) is 0 Å². The molecule has 0 radical (unpaired) electrons. The number of aromatic amines is 1. The molecular formula is C16H17N5O3. The van der Waals surface area contributed by atoms with E-state index in [1.807, 2.05) is 6.07 Å². The van der Waals surface area contributed by atoms with Gasteiger partial charge in [-0.25, -0.2) is 0 Å². The van der Waals surface area contributed by atoms with Crippen LogP contribution in [-0.4, -0.2) is 44.2 Å². The number of carbonyl (C=O) groups excluding carboxylic acids is 1. The normalized spacial score (nSPS) is 18.0. The van der Waals surface area contributed by atoms with Crippen LogP contribution in [0.3, 0.4) is 0 Å². The Kier molecular flexibility index (Phi) is 3.64. The van der Waals surface area contributed by atoms with Gasteiger partial charge in [-0.1, -0.05) is 5.16 Å². The minimum atomic E-state index is -0.106. The van der Waals surface area contributed by atoms with Gasteiger partial charge < -0.3 is 13.8 Å². The van der Waals surface area contributed by atoms with Gasteiger partial charge in [0, 0.05) is 19.2 Å². The van der Waals surface area contributed by atoms with E-state index in [2.05, 4.69) is 20.3 Å². The number of hydrogen-bond donors (Lipinski definition) is 1. The Morgan fingerprint density at radius 1 is 1.46 bits per heavy atom. The Balaban J connectivity index is 1.50. The van der Waals surface area contributed by atoms with E-state index in [1.54, 1.807) is 30.2 Å². The van der Waals surface area contributed by atoms with E-state index >= 15 is 0 Å². The van der Waals surface area contributed by atoms with Gasteiger partial charge in [0.15, 0.2) is 17.3 Å². The third kappa shape index (κ3) is 2.70. The van der Waals surface area contributed by atoms with Gasteiger partial charge in [-0.15, -0.1) is 0 Å². The van der Waals surface area contributed by atoms with Gasteiger partial charge in [-0.05, 0) is 31.9 Å². The minimum Gasteiger partial charge on any atom is -0.463 e. The maximum absolute atomic E-state index is 12.7. The van der Waals surface area contributed by atoms with Crippen molar-refractivity contribution in [3.8, 4) is 11.5 Å². The van der Waals surface area contributed by atoms with Crippen molar-refractivity contribution in [2.75, 3.05) is 13.1 Å². The first kappa shape index (κ1) is 14.7. The highest BCUT2D eigenvalue weighted by Gasteiger charge is 2.29. The van der Waals surface area contributed by atoms with Crippen molar-refractivity contribution in [1.82, 2.24) is 25.2 Å². The molecule has 4 rings (SSSR count). The molecule has 0 bridgehead atoms. The number of furan rings is 1. The number of amides is 1. The van der Waals surface area contributed by atoms with Gasteiger partial charge in [-0.3, -0.25) is 9.89 Å². The standard InChI is InChI=1S/C16H17N5O3/c1-10-17-15(24-20-10)11-4-2-6-21(9-11)16(22)13-8-12(18-19-13)14-5-3-7-23-14/h3,5,7-8,11H,2,4,6,9H2,1H3,(H,18,19). The van der Waals surface area contributed by atoms with Gasteiger partial charge in [0.1, 0.15) is 5.69 Å². The molecule has 1 atom stereocenters. The molecule has 1 fully saturated rings. The number of carbonyl (C=O) groups is 1. The summed E-state index contributed by atoms with van der Waals surface area (Å²) in [7, 11) is 0. The number of piperidine rings is 1. The highest BCUT2D eigenvalue weighted by Crippen LogP contribution is 2.27. The first-order valence-corrected chi connectivity index (χ1v) is 7.89. The molecule has 4 heterocycles. The molecule has 1 N–H and O–H groups in total. The quantitative estimate of drug-likeness (QED) is 0.792. The second-order valence-electron chi connectivity index (χ2n) is 5.91. The highest BCUT2D eigenvalue weighted by molar-refractivity contribution is 5.93. The van der Waals surface area contributed by atoms with E-state index in [-0.39, 0.29) is 11.8 Å². The summed E-state index contributed by atoms with van der Waals surface area (Å²) < 4.78 is 10.6. The third-order valence-corrected chi connectivity index (χ3v) is 4.18. The molecule has 1 unspecified atom stereocenters. The van der Waals surface area contributed by atoms with Crippen LogP contribution < -0.4 is 0 Å². The van der Waals surface area contributed by atoms with E-state index in [9.17, 15) is 4.79 Å². The zero-order chi connectivity index (χ0) is 16.5. The fourth-order valence-corrected chi connectivity index (χ4v) is 2.99. The zero-order valence-electron chi connectivity index (χ0n) is 13.2. The van der Waals surface area contributed by atoms with Crippen LogP contribution in [0.1, 0.15) is 41.0 Å².